The van der Waals surface area contributed by atoms with Gasteiger partial charge in [-0.2, -0.15) is 0 Å². The van der Waals surface area contributed by atoms with Crippen LogP contribution in [-0.2, 0) is 28.6 Å². The van der Waals surface area contributed by atoms with Crippen molar-refractivity contribution < 1.29 is 33.7 Å². The summed E-state index contributed by atoms with van der Waals surface area (Å²) < 4.78 is 15.5. The molecule has 0 aromatic heterocycles. The van der Waals surface area contributed by atoms with Gasteiger partial charge in [0.15, 0.2) is 6.10 Å². The third kappa shape index (κ3) is 2.92. The van der Waals surface area contributed by atoms with Gasteiger partial charge in [-0.15, -0.1) is 0 Å². The molecule has 0 aromatic carbocycles. The number of carbonyl (C=O) groups is 3. The highest BCUT2D eigenvalue weighted by molar-refractivity contribution is 5.86. The molecule has 7 heteroatoms. The molecule has 0 radical (unpaired) electrons. The standard InChI is InChI=1S/C13H20O7/c1-5-13(19-8(3)14)7-12(4,11(16)17)9(20-13)10(15)18-6-2/h9H,5-7H2,1-4H3,(H,16,17). The van der Waals surface area contributed by atoms with Gasteiger partial charge in [0.2, 0.25) is 5.79 Å². The van der Waals surface area contributed by atoms with Gasteiger partial charge >= 0.3 is 17.9 Å². The smallest absolute Gasteiger partial charge is 0.336 e. The van der Waals surface area contributed by atoms with Crippen molar-refractivity contribution in [3.63, 3.8) is 0 Å². The Morgan fingerprint density at radius 1 is 1.35 bits per heavy atom. The molecule has 1 aliphatic rings. The van der Waals surface area contributed by atoms with Gasteiger partial charge in [-0.3, -0.25) is 9.59 Å². The molecule has 0 amide bonds. The van der Waals surface area contributed by atoms with E-state index in [2.05, 4.69) is 0 Å². The van der Waals surface area contributed by atoms with Crippen molar-refractivity contribution in [2.45, 2.75) is 52.4 Å². The number of hydrogen-bond acceptors (Lipinski definition) is 6. The highest BCUT2D eigenvalue weighted by Gasteiger charge is 2.62. The van der Waals surface area contributed by atoms with Gasteiger partial charge in [-0.05, 0) is 13.8 Å². The van der Waals surface area contributed by atoms with E-state index in [9.17, 15) is 19.5 Å². The first-order valence-corrected chi connectivity index (χ1v) is 6.48. The quantitative estimate of drug-likeness (QED) is 0.756. The van der Waals surface area contributed by atoms with Crippen molar-refractivity contribution in [3.05, 3.63) is 0 Å². The monoisotopic (exact) mass is 288 g/mol. The highest BCUT2D eigenvalue weighted by Crippen LogP contribution is 2.47. The number of esters is 2. The Kier molecular flexibility index (Phi) is 4.75. The van der Waals surface area contributed by atoms with E-state index in [1.165, 1.54) is 13.8 Å². The molecule has 0 bridgehead atoms. The Hall–Kier alpha value is -1.63. The molecular weight excluding hydrogens is 268 g/mol. The second kappa shape index (κ2) is 5.78. The molecular formula is C13H20O7. The second-order valence-electron chi connectivity index (χ2n) is 5.01. The average Bonchev–Trinajstić information content (AvgIpc) is 2.64. The lowest BCUT2D eigenvalue weighted by atomic mass is 9.80. The van der Waals surface area contributed by atoms with E-state index in [4.69, 9.17) is 14.2 Å². The molecule has 1 N–H and O–H groups in total. The maximum Gasteiger partial charge on any atom is 0.336 e. The molecule has 0 aliphatic carbocycles. The van der Waals surface area contributed by atoms with Crippen LogP contribution in [0.4, 0.5) is 0 Å². The summed E-state index contributed by atoms with van der Waals surface area (Å²) in [5.41, 5.74) is -1.50. The highest BCUT2D eigenvalue weighted by atomic mass is 16.7. The number of carboxylic acids is 1. The zero-order chi connectivity index (χ0) is 15.6. The molecule has 1 fully saturated rings. The molecule has 7 nitrogen and oxygen atoms in total. The van der Waals surface area contributed by atoms with Crippen LogP contribution in [0, 0.1) is 5.41 Å². The van der Waals surface area contributed by atoms with Crippen molar-refractivity contribution in [2.75, 3.05) is 6.61 Å². The maximum absolute atomic E-state index is 11.9. The first kappa shape index (κ1) is 16.4. The first-order chi connectivity index (χ1) is 9.20. The lowest BCUT2D eigenvalue weighted by molar-refractivity contribution is -0.228. The van der Waals surface area contributed by atoms with Crippen LogP contribution in [0.1, 0.15) is 40.5 Å². The molecule has 0 spiro atoms. The maximum atomic E-state index is 11.9. The van der Waals surface area contributed by atoms with Crippen molar-refractivity contribution >= 4 is 17.9 Å². The molecule has 114 valence electrons. The molecule has 1 saturated heterocycles. The summed E-state index contributed by atoms with van der Waals surface area (Å²) in [7, 11) is 0. The number of rotatable bonds is 5. The van der Waals surface area contributed by atoms with E-state index in [0.717, 1.165) is 0 Å². The minimum atomic E-state index is -1.50. The summed E-state index contributed by atoms with van der Waals surface area (Å²) in [6.45, 7) is 6.01. The van der Waals surface area contributed by atoms with E-state index in [-0.39, 0.29) is 19.4 Å². The summed E-state index contributed by atoms with van der Waals surface area (Å²) in [5.74, 6) is -3.96. The summed E-state index contributed by atoms with van der Waals surface area (Å²) in [5, 5.41) is 9.39. The lowest BCUT2D eigenvalue weighted by Crippen LogP contribution is -2.42. The van der Waals surface area contributed by atoms with Crippen molar-refractivity contribution in [2.24, 2.45) is 5.41 Å². The van der Waals surface area contributed by atoms with Crippen LogP contribution >= 0.6 is 0 Å². The van der Waals surface area contributed by atoms with E-state index >= 15 is 0 Å². The Bertz CT molecular complexity index is 419. The number of ether oxygens (including phenoxy) is 3. The Labute approximate surface area is 117 Å². The zero-order valence-corrected chi connectivity index (χ0v) is 12.1. The fourth-order valence-electron chi connectivity index (χ4n) is 2.36. The average molecular weight is 288 g/mol. The minimum absolute atomic E-state index is 0.102. The molecule has 0 saturated carbocycles. The normalized spacial score (nSPS) is 32.7. The topological polar surface area (TPSA) is 99.1 Å². The predicted molar refractivity (Wildman–Crippen MR) is 66.7 cm³/mol. The number of aliphatic carboxylic acids is 1. The van der Waals surface area contributed by atoms with Crippen LogP contribution in [0.25, 0.3) is 0 Å². The van der Waals surface area contributed by atoms with Gasteiger partial charge in [0, 0.05) is 19.8 Å². The summed E-state index contributed by atoms with van der Waals surface area (Å²) >= 11 is 0. The second-order valence-corrected chi connectivity index (χ2v) is 5.01. The molecule has 3 atom stereocenters. The summed E-state index contributed by atoms with van der Waals surface area (Å²) in [6.07, 6.45) is -1.17. The van der Waals surface area contributed by atoms with Gasteiger partial charge < -0.3 is 19.3 Å². The number of carbonyl (C=O) groups excluding carboxylic acids is 2. The molecule has 1 rings (SSSR count). The van der Waals surface area contributed by atoms with Crippen LogP contribution < -0.4 is 0 Å². The van der Waals surface area contributed by atoms with E-state index < -0.39 is 35.2 Å². The van der Waals surface area contributed by atoms with Gasteiger partial charge in [0.1, 0.15) is 5.41 Å². The Balaban J connectivity index is 3.12. The lowest BCUT2D eigenvalue weighted by Gasteiger charge is -2.26. The van der Waals surface area contributed by atoms with Gasteiger partial charge in [0.05, 0.1) is 6.61 Å². The molecule has 1 aliphatic heterocycles. The van der Waals surface area contributed by atoms with Crippen LogP contribution in [0.15, 0.2) is 0 Å². The van der Waals surface area contributed by atoms with E-state index in [0.29, 0.717) is 0 Å². The number of hydrogen-bond donors (Lipinski definition) is 1. The Morgan fingerprint density at radius 3 is 2.35 bits per heavy atom. The predicted octanol–water partition coefficient (Wildman–Crippen LogP) is 1.10. The van der Waals surface area contributed by atoms with Crippen LogP contribution in [0.3, 0.4) is 0 Å². The van der Waals surface area contributed by atoms with E-state index in [1.807, 2.05) is 0 Å². The molecule has 3 unspecified atom stereocenters. The summed E-state index contributed by atoms with van der Waals surface area (Å²) in [6, 6.07) is 0. The molecule has 0 aromatic rings. The van der Waals surface area contributed by atoms with Crippen molar-refractivity contribution in [1.82, 2.24) is 0 Å². The number of carboxylic acid groups (broad SMARTS) is 1. The van der Waals surface area contributed by atoms with Crippen LogP contribution in [0.2, 0.25) is 0 Å². The van der Waals surface area contributed by atoms with Crippen molar-refractivity contribution in [3.8, 4) is 0 Å². The van der Waals surface area contributed by atoms with Gasteiger partial charge in [-0.1, -0.05) is 6.92 Å². The van der Waals surface area contributed by atoms with Crippen LogP contribution in [-0.4, -0.2) is 41.5 Å². The SMILES string of the molecule is CCOC(=O)C1OC(CC)(OC(C)=O)CC1(C)C(=O)O. The minimum Gasteiger partial charge on any atom is -0.481 e. The van der Waals surface area contributed by atoms with Crippen LogP contribution in [0.5, 0.6) is 0 Å². The van der Waals surface area contributed by atoms with Gasteiger partial charge in [0.25, 0.3) is 0 Å². The molecule has 20 heavy (non-hydrogen) atoms. The fraction of sp³-hybridized carbons (Fsp3) is 0.769. The third-order valence-corrected chi connectivity index (χ3v) is 3.41. The molecule has 1 heterocycles. The van der Waals surface area contributed by atoms with Crippen molar-refractivity contribution in [1.29, 1.82) is 0 Å². The first-order valence-electron chi connectivity index (χ1n) is 6.48. The summed E-state index contributed by atoms with van der Waals surface area (Å²) in [4.78, 5) is 34.6. The third-order valence-electron chi connectivity index (χ3n) is 3.41. The Morgan fingerprint density at radius 2 is 1.95 bits per heavy atom. The largest absolute Gasteiger partial charge is 0.481 e. The zero-order valence-electron chi connectivity index (χ0n) is 12.1. The fourth-order valence-corrected chi connectivity index (χ4v) is 2.36. The van der Waals surface area contributed by atoms with Gasteiger partial charge in [-0.25, -0.2) is 4.79 Å². The van der Waals surface area contributed by atoms with E-state index in [1.54, 1.807) is 13.8 Å².